The number of benzene rings is 2. The first-order valence-electron chi connectivity index (χ1n) is 9.12. The lowest BCUT2D eigenvalue weighted by atomic mass is 10.2. The third-order valence-electron chi connectivity index (χ3n) is 4.25. The zero-order valence-electron chi connectivity index (χ0n) is 15.7. The van der Waals surface area contributed by atoms with Crippen LogP contribution in [-0.2, 0) is 13.2 Å². The van der Waals surface area contributed by atoms with E-state index in [1.54, 1.807) is 47.3 Å². The molecule has 8 heteroatoms. The Bertz CT molecular complexity index is 1150. The standard InChI is InChI=1S/C22H17BrFN3O3/c23-16-5-7-17(8-6-16)29-14-18-9-10-20(30-18)22(28)25-21-11-12-27(26-21)13-15-3-1-2-4-19(15)24/h1-12H,13-14H2,(H,25,26,28). The minimum Gasteiger partial charge on any atom is -0.486 e. The van der Waals surface area contributed by atoms with Gasteiger partial charge in [-0.1, -0.05) is 34.1 Å². The molecule has 0 unspecified atom stereocenters. The number of halogens is 2. The molecule has 0 saturated carbocycles. The summed E-state index contributed by atoms with van der Waals surface area (Å²) in [7, 11) is 0. The van der Waals surface area contributed by atoms with Crippen LogP contribution in [0.2, 0.25) is 0 Å². The molecule has 0 radical (unpaired) electrons. The van der Waals surface area contributed by atoms with Gasteiger partial charge in [-0.3, -0.25) is 9.48 Å². The maximum absolute atomic E-state index is 13.8. The fourth-order valence-electron chi connectivity index (χ4n) is 2.76. The summed E-state index contributed by atoms with van der Waals surface area (Å²) in [6.45, 7) is 0.465. The van der Waals surface area contributed by atoms with Crippen LogP contribution in [-0.4, -0.2) is 15.7 Å². The minimum atomic E-state index is -0.430. The van der Waals surface area contributed by atoms with Crippen molar-refractivity contribution in [3.8, 4) is 5.75 Å². The first kappa shape index (κ1) is 19.9. The number of furan rings is 1. The predicted molar refractivity (Wildman–Crippen MR) is 113 cm³/mol. The first-order valence-corrected chi connectivity index (χ1v) is 9.91. The van der Waals surface area contributed by atoms with Crippen LogP contribution < -0.4 is 10.1 Å². The molecule has 0 atom stereocenters. The molecular weight excluding hydrogens is 453 g/mol. The monoisotopic (exact) mass is 469 g/mol. The molecule has 0 aliphatic heterocycles. The number of nitrogens with one attached hydrogen (secondary N) is 1. The highest BCUT2D eigenvalue weighted by molar-refractivity contribution is 9.10. The van der Waals surface area contributed by atoms with Crippen molar-refractivity contribution in [2.75, 3.05) is 5.32 Å². The number of hydrogen-bond acceptors (Lipinski definition) is 4. The normalized spacial score (nSPS) is 10.7. The Morgan fingerprint density at radius 2 is 1.90 bits per heavy atom. The molecule has 30 heavy (non-hydrogen) atoms. The molecule has 0 spiro atoms. The van der Waals surface area contributed by atoms with Gasteiger partial charge in [-0.2, -0.15) is 5.10 Å². The molecule has 152 valence electrons. The van der Waals surface area contributed by atoms with Crippen molar-refractivity contribution >= 4 is 27.7 Å². The fraction of sp³-hybridized carbons (Fsp3) is 0.0909. The number of rotatable bonds is 7. The van der Waals surface area contributed by atoms with Gasteiger partial charge >= 0.3 is 0 Å². The molecule has 4 rings (SSSR count). The first-order chi connectivity index (χ1) is 14.6. The average molecular weight is 470 g/mol. The van der Waals surface area contributed by atoms with Gasteiger partial charge in [-0.05, 0) is 42.5 Å². The molecular formula is C22H17BrFN3O3. The van der Waals surface area contributed by atoms with Gasteiger partial charge in [0, 0.05) is 22.3 Å². The largest absolute Gasteiger partial charge is 0.486 e. The lowest BCUT2D eigenvalue weighted by molar-refractivity contribution is 0.0992. The van der Waals surface area contributed by atoms with Crippen LogP contribution in [0.3, 0.4) is 0 Å². The van der Waals surface area contributed by atoms with Crippen LogP contribution in [0.1, 0.15) is 21.9 Å². The molecule has 4 aromatic rings. The number of hydrogen-bond donors (Lipinski definition) is 1. The van der Waals surface area contributed by atoms with E-state index in [4.69, 9.17) is 9.15 Å². The lowest BCUT2D eigenvalue weighted by Crippen LogP contribution is -2.12. The molecule has 2 aromatic carbocycles. The third-order valence-corrected chi connectivity index (χ3v) is 4.78. The fourth-order valence-corrected chi connectivity index (χ4v) is 3.02. The lowest BCUT2D eigenvalue weighted by Gasteiger charge is -2.04. The van der Waals surface area contributed by atoms with Crippen LogP contribution in [0.15, 0.2) is 81.8 Å². The predicted octanol–water partition coefficient (Wildman–Crippen LogP) is 5.26. The van der Waals surface area contributed by atoms with Gasteiger partial charge in [0.15, 0.2) is 11.6 Å². The third kappa shape index (κ3) is 4.96. The van der Waals surface area contributed by atoms with Gasteiger partial charge in [0.25, 0.3) is 5.91 Å². The van der Waals surface area contributed by atoms with Crippen molar-refractivity contribution in [1.29, 1.82) is 0 Å². The van der Waals surface area contributed by atoms with Crippen molar-refractivity contribution in [2.24, 2.45) is 0 Å². The van der Waals surface area contributed by atoms with Crippen molar-refractivity contribution in [2.45, 2.75) is 13.2 Å². The van der Waals surface area contributed by atoms with E-state index in [2.05, 4.69) is 26.3 Å². The summed E-state index contributed by atoms with van der Waals surface area (Å²) in [5.41, 5.74) is 0.514. The number of carbonyl (C=O) groups is 1. The Morgan fingerprint density at radius 3 is 2.70 bits per heavy atom. The Balaban J connectivity index is 1.34. The summed E-state index contributed by atoms with van der Waals surface area (Å²) in [4.78, 5) is 12.4. The van der Waals surface area contributed by atoms with E-state index in [-0.39, 0.29) is 24.7 Å². The highest BCUT2D eigenvalue weighted by Crippen LogP contribution is 2.18. The van der Waals surface area contributed by atoms with Gasteiger partial charge in [0.05, 0.1) is 6.54 Å². The maximum atomic E-state index is 13.8. The van der Waals surface area contributed by atoms with Gasteiger partial charge in [-0.25, -0.2) is 4.39 Å². The zero-order chi connectivity index (χ0) is 20.9. The highest BCUT2D eigenvalue weighted by atomic mass is 79.9. The van der Waals surface area contributed by atoms with Crippen LogP contribution in [0.5, 0.6) is 5.75 Å². The number of nitrogens with zero attached hydrogens (tertiary/aromatic N) is 2. The van der Waals surface area contributed by atoms with Gasteiger partial charge in [-0.15, -0.1) is 0 Å². The molecule has 0 aliphatic carbocycles. The summed E-state index contributed by atoms with van der Waals surface area (Å²) in [6.07, 6.45) is 1.67. The second kappa shape index (κ2) is 8.96. The Morgan fingerprint density at radius 1 is 1.10 bits per heavy atom. The van der Waals surface area contributed by atoms with Crippen molar-refractivity contribution in [3.63, 3.8) is 0 Å². The quantitative estimate of drug-likeness (QED) is 0.400. The second-order valence-electron chi connectivity index (χ2n) is 6.45. The maximum Gasteiger partial charge on any atom is 0.292 e. The summed E-state index contributed by atoms with van der Waals surface area (Å²) < 4.78 is 27.5. The summed E-state index contributed by atoms with van der Waals surface area (Å²) in [5.74, 6) is 0.982. The smallest absolute Gasteiger partial charge is 0.292 e. The number of ether oxygens (including phenoxy) is 1. The Hall–Kier alpha value is -3.39. The van der Waals surface area contributed by atoms with Gasteiger partial charge < -0.3 is 14.5 Å². The number of amides is 1. The summed E-state index contributed by atoms with van der Waals surface area (Å²) in [5, 5.41) is 6.92. The number of carbonyl (C=O) groups excluding carboxylic acids is 1. The molecule has 1 amide bonds. The second-order valence-corrected chi connectivity index (χ2v) is 7.37. The molecule has 2 heterocycles. The average Bonchev–Trinajstić information content (AvgIpc) is 3.39. The van der Waals surface area contributed by atoms with E-state index in [1.807, 2.05) is 24.3 Å². The van der Waals surface area contributed by atoms with E-state index >= 15 is 0 Å². The van der Waals surface area contributed by atoms with E-state index in [0.717, 1.165) is 4.47 Å². The van der Waals surface area contributed by atoms with Gasteiger partial charge in [0.1, 0.15) is 23.9 Å². The zero-order valence-corrected chi connectivity index (χ0v) is 17.3. The molecule has 6 nitrogen and oxygen atoms in total. The van der Waals surface area contributed by atoms with Crippen LogP contribution in [0, 0.1) is 5.82 Å². The van der Waals surface area contributed by atoms with E-state index in [9.17, 15) is 9.18 Å². The highest BCUT2D eigenvalue weighted by Gasteiger charge is 2.13. The van der Waals surface area contributed by atoms with Crippen LogP contribution in [0.25, 0.3) is 0 Å². The summed E-state index contributed by atoms with van der Waals surface area (Å²) in [6, 6.07) is 18.8. The molecule has 0 bridgehead atoms. The van der Waals surface area contributed by atoms with Crippen LogP contribution in [0.4, 0.5) is 10.2 Å². The van der Waals surface area contributed by atoms with E-state index in [0.29, 0.717) is 22.9 Å². The van der Waals surface area contributed by atoms with Crippen LogP contribution >= 0.6 is 15.9 Å². The molecule has 0 aliphatic rings. The number of anilines is 1. The Labute approximate surface area is 180 Å². The molecule has 0 fully saturated rings. The Kier molecular flexibility index (Phi) is 5.94. The molecule has 2 aromatic heterocycles. The van der Waals surface area contributed by atoms with Crippen molar-refractivity contribution in [3.05, 3.63) is 100 Å². The molecule has 1 N–H and O–H groups in total. The van der Waals surface area contributed by atoms with Crippen molar-refractivity contribution < 1.29 is 18.3 Å². The topological polar surface area (TPSA) is 69.3 Å². The number of aromatic nitrogens is 2. The SMILES string of the molecule is O=C(Nc1ccn(Cc2ccccc2F)n1)c1ccc(COc2ccc(Br)cc2)o1. The minimum absolute atomic E-state index is 0.146. The molecule has 0 saturated heterocycles. The van der Waals surface area contributed by atoms with E-state index < -0.39 is 5.91 Å². The van der Waals surface area contributed by atoms with Gasteiger partial charge in [0.2, 0.25) is 0 Å². The summed E-state index contributed by atoms with van der Waals surface area (Å²) >= 11 is 3.37. The van der Waals surface area contributed by atoms with E-state index in [1.165, 1.54) is 6.07 Å². The van der Waals surface area contributed by atoms with Crippen molar-refractivity contribution in [1.82, 2.24) is 9.78 Å².